The summed E-state index contributed by atoms with van der Waals surface area (Å²) in [6, 6.07) is 12.4. The topological polar surface area (TPSA) is 23.5 Å². The molecule has 3 rings (SSSR count). The van der Waals surface area contributed by atoms with Gasteiger partial charge in [-0.15, -0.1) is 0 Å². The molecule has 2 atom stereocenters. The third kappa shape index (κ3) is 2.45. The van der Waals surface area contributed by atoms with E-state index in [1.54, 1.807) is 0 Å². The Hall–Kier alpha value is -0.860. The number of aliphatic hydroxyl groups excluding tert-OH is 1. The van der Waals surface area contributed by atoms with E-state index in [1.165, 1.54) is 31.2 Å². The van der Waals surface area contributed by atoms with Gasteiger partial charge in [-0.05, 0) is 43.6 Å². The monoisotopic (exact) mass is 245 g/mol. The fourth-order valence-corrected chi connectivity index (χ4v) is 3.86. The predicted octanol–water partition coefficient (Wildman–Crippen LogP) is 2.81. The molecule has 0 radical (unpaired) electrons. The fourth-order valence-electron chi connectivity index (χ4n) is 3.86. The van der Waals surface area contributed by atoms with Crippen molar-refractivity contribution in [2.24, 2.45) is 5.92 Å². The van der Waals surface area contributed by atoms with E-state index in [0.717, 1.165) is 31.0 Å². The van der Waals surface area contributed by atoms with Gasteiger partial charge in [-0.2, -0.15) is 0 Å². The van der Waals surface area contributed by atoms with Crippen molar-refractivity contribution < 1.29 is 5.11 Å². The predicted molar refractivity (Wildman–Crippen MR) is 73.2 cm³/mol. The van der Waals surface area contributed by atoms with Crippen molar-refractivity contribution >= 4 is 0 Å². The Kier molecular flexibility index (Phi) is 3.67. The van der Waals surface area contributed by atoms with Crippen LogP contribution in [0.15, 0.2) is 30.3 Å². The van der Waals surface area contributed by atoms with Gasteiger partial charge >= 0.3 is 0 Å². The number of fused-ring (bicyclic) bond motifs is 2. The molecular formula is C16H23NO. The van der Waals surface area contributed by atoms with Crippen LogP contribution < -0.4 is 0 Å². The molecule has 1 aromatic carbocycles. The molecule has 1 aromatic rings. The van der Waals surface area contributed by atoms with Crippen LogP contribution in [0, 0.1) is 5.92 Å². The van der Waals surface area contributed by atoms with Crippen molar-refractivity contribution in [3.63, 3.8) is 0 Å². The van der Waals surface area contributed by atoms with Crippen molar-refractivity contribution in [2.45, 2.75) is 50.7 Å². The zero-order valence-corrected chi connectivity index (χ0v) is 11.0. The Bertz CT molecular complexity index is 364. The third-order valence-electron chi connectivity index (χ3n) is 4.73. The van der Waals surface area contributed by atoms with Gasteiger partial charge in [-0.1, -0.05) is 30.3 Å². The van der Waals surface area contributed by atoms with E-state index in [2.05, 4.69) is 35.2 Å². The average Bonchev–Trinajstić information content (AvgIpc) is 2.63. The van der Waals surface area contributed by atoms with E-state index in [0.29, 0.717) is 6.61 Å². The minimum Gasteiger partial charge on any atom is -0.396 e. The van der Waals surface area contributed by atoms with E-state index >= 15 is 0 Å². The SMILES string of the molecule is OCCC1CC2CCC(C1)N2Cc1ccccc1. The van der Waals surface area contributed by atoms with Gasteiger partial charge in [-0.3, -0.25) is 4.90 Å². The van der Waals surface area contributed by atoms with Gasteiger partial charge < -0.3 is 5.11 Å². The molecule has 2 heterocycles. The molecule has 1 N–H and O–H groups in total. The maximum Gasteiger partial charge on any atom is 0.0433 e. The second-order valence-corrected chi connectivity index (χ2v) is 5.89. The Labute approximate surface area is 110 Å². The number of rotatable bonds is 4. The molecule has 2 aliphatic heterocycles. The summed E-state index contributed by atoms with van der Waals surface area (Å²) in [6.45, 7) is 1.48. The third-order valence-corrected chi connectivity index (χ3v) is 4.73. The van der Waals surface area contributed by atoms with Gasteiger partial charge in [0.25, 0.3) is 0 Å². The fraction of sp³-hybridized carbons (Fsp3) is 0.625. The Morgan fingerprint density at radius 2 is 1.72 bits per heavy atom. The van der Waals surface area contributed by atoms with Gasteiger partial charge in [-0.25, -0.2) is 0 Å². The van der Waals surface area contributed by atoms with Gasteiger partial charge in [0, 0.05) is 25.2 Å². The second-order valence-electron chi connectivity index (χ2n) is 5.89. The first-order valence-corrected chi connectivity index (χ1v) is 7.27. The number of hydrogen-bond donors (Lipinski definition) is 1. The molecule has 2 bridgehead atoms. The number of piperidine rings is 1. The molecule has 18 heavy (non-hydrogen) atoms. The molecule has 2 fully saturated rings. The lowest BCUT2D eigenvalue weighted by atomic mass is 9.88. The summed E-state index contributed by atoms with van der Waals surface area (Å²) >= 11 is 0. The van der Waals surface area contributed by atoms with Gasteiger partial charge in [0.05, 0.1) is 0 Å². The highest BCUT2D eigenvalue weighted by Gasteiger charge is 2.39. The number of hydrogen-bond acceptors (Lipinski definition) is 2. The van der Waals surface area contributed by atoms with Crippen molar-refractivity contribution in [3.8, 4) is 0 Å². The lowest BCUT2D eigenvalue weighted by molar-refractivity contribution is 0.0845. The van der Waals surface area contributed by atoms with Crippen LogP contribution >= 0.6 is 0 Å². The zero-order chi connectivity index (χ0) is 12.4. The largest absolute Gasteiger partial charge is 0.396 e. The number of aliphatic hydroxyl groups is 1. The summed E-state index contributed by atoms with van der Waals surface area (Å²) in [5.74, 6) is 0.763. The first-order valence-electron chi connectivity index (χ1n) is 7.27. The molecule has 0 aliphatic carbocycles. The Morgan fingerprint density at radius 1 is 1.06 bits per heavy atom. The Morgan fingerprint density at radius 3 is 2.33 bits per heavy atom. The minimum absolute atomic E-state index is 0.364. The molecule has 98 valence electrons. The van der Waals surface area contributed by atoms with Crippen LogP contribution in [-0.4, -0.2) is 28.7 Å². The summed E-state index contributed by atoms with van der Waals surface area (Å²) in [7, 11) is 0. The van der Waals surface area contributed by atoms with Crippen LogP contribution in [0.4, 0.5) is 0 Å². The van der Waals surface area contributed by atoms with Gasteiger partial charge in [0.1, 0.15) is 0 Å². The first kappa shape index (κ1) is 12.2. The van der Waals surface area contributed by atoms with E-state index in [9.17, 15) is 0 Å². The molecule has 0 saturated carbocycles. The summed E-state index contributed by atoms with van der Waals surface area (Å²) < 4.78 is 0. The van der Waals surface area contributed by atoms with Crippen LogP contribution in [-0.2, 0) is 6.54 Å². The van der Waals surface area contributed by atoms with Crippen LogP contribution in [0.1, 0.15) is 37.7 Å². The standard InChI is InChI=1S/C16H23NO/c18-9-8-14-10-15-6-7-16(11-14)17(15)12-13-4-2-1-3-5-13/h1-5,14-16,18H,6-12H2. The van der Waals surface area contributed by atoms with Gasteiger partial charge in [0.15, 0.2) is 0 Å². The minimum atomic E-state index is 0.364. The summed E-state index contributed by atoms with van der Waals surface area (Å²) in [4.78, 5) is 2.71. The second kappa shape index (κ2) is 5.41. The normalized spacial score (nSPS) is 31.7. The summed E-state index contributed by atoms with van der Waals surface area (Å²) in [5, 5.41) is 9.10. The summed E-state index contributed by atoms with van der Waals surface area (Å²) in [5.41, 5.74) is 1.44. The maximum atomic E-state index is 9.10. The van der Waals surface area contributed by atoms with Crippen molar-refractivity contribution in [3.05, 3.63) is 35.9 Å². The van der Waals surface area contributed by atoms with E-state index in [1.807, 2.05) is 0 Å². The number of nitrogens with zero attached hydrogens (tertiary/aromatic N) is 1. The van der Waals surface area contributed by atoms with Crippen LogP contribution in [0.3, 0.4) is 0 Å². The molecule has 2 unspecified atom stereocenters. The van der Waals surface area contributed by atoms with E-state index < -0.39 is 0 Å². The first-order chi connectivity index (χ1) is 8.86. The smallest absolute Gasteiger partial charge is 0.0433 e. The van der Waals surface area contributed by atoms with Crippen LogP contribution in [0.2, 0.25) is 0 Å². The average molecular weight is 245 g/mol. The van der Waals surface area contributed by atoms with Crippen LogP contribution in [0.5, 0.6) is 0 Å². The Balaban J connectivity index is 1.65. The molecule has 0 aromatic heterocycles. The van der Waals surface area contributed by atoms with Crippen LogP contribution in [0.25, 0.3) is 0 Å². The molecule has 0 amide bonds. The molecule has 2 heteroatoms. The maximum absolute atomic E-state index is 9.10. The van der Waals surface area contributed by atoms with E-state index in [-0.39, 0.29) is 0 Å². The van der Waals surface area contributed by atoms with Crippen molar-refractivity contribution in [2.75, 3.05) is 6.61 Å². The zero-order valence-electron chi connectivity index (χ0n) is 11.0. The molecule has 0 spiro atoms. The molecule has 2 saturated heterocycles. The highest BCUT2D eigenvalue weighted by Crippen LogP contribution is 2.40. The molecule has 2 nitrogen and oxygen atoms in total. The van der Waals surface area contributed by atoms with Crippen molar-refractivity contribution in [1.82, 2.24) is 4.90 Å². The quantitative estimate of drug-likeness (QED) is 0.881. The lowest BCUT2D eigenvalue weighted by Crippen LogP contribution is -2.42. The van der Waals surface area contributed by atoms with E-state index in [4.69, 9.17) is 5.11 Å². The van der Waals surface area contributed by atoms with Crippen molar-refractivity contribution in [1.29, 1.82) is 0 Å². The summed E-state index contributed by atoms with van der Waals surface area (Å²) in [6.07, 6.45) is 6.32. The highest BCUT2D eigenvalue weighted by atomic mass is 16.3. The highest BCUT2D eigenvalue weighted by molar-refractivity contribution is 5.15. The number of benzene rings is 1. The lowest BCUT2D eigenvalue weighted by Gasteiger charge is -2.39. The molecular weight excluding hydrogens is 222 g/mol. The molecule has 2 aliphatic rings. The van der Waals surface area contributed by atoms with Gasteiger partial charge in [0.2, 0.25) is 0 Å².